The zero-order valence-electron chi connectivity index (χ0n) is 13.7. The summed E-state index contributed by atoms with van der Waals surface area (Å²) in [5.74, 6) is 0.362. The van der Waals surface area contributed by atoms with Crippen LogP contribution in [0.4, 0.5) is 5.82 Å². The number of hydrogen-bond donors (Lipinski definition) is 1. The Labute approximate surface area is 139 Å². The van der Waals surface area contributed by atoms with Gasteiger partial charge in [0.05, 0.1) is 26.4 Å². The second-order valence-corrected chi connectivity index (χ2v) is 4.67. The van der Waals surface area contributed by atoms with E-state index in [9.17, 15) is 9.59 Å². The van der Waals surface area contributed by atoms with E-state index in [2.05, 4.69) is 10.3 Å². The summed E-state index contributed by atoms with van der Waals surface area (Å²) in [7, 11) is 3.01. The normalized spacial score (nSPS) is 9.96. The van der Waals surface area contributed by atoms with Crippen LogP contribution in [-0.2, 0) is 4.74 Å². The van der Waals surface area contributed by atoms with Crippen molar-refractivity contribution in [3.8, 4) is 11.5 Å². The Kier molecular flexibility index (Phi) is 5.73. The fourth-order valence-corrected chi connectivity index (χ4v) is 2.01. The summed E-state index contributed by atoms with van der Waals surface area (Å²) in [4.78, 5) is 28.1. The largest absolute Gasteiger partial charge is 0.493 e. The summed E-state index contributed by atoms with van der Waals surface area (Å²) < 4.78 is 15.2. The number of ether oxygens (including phenoxy) is 3. The van der Waals surface area contributed by atoms with E-state index in [1.165, 1.54) is 32.5 Å². The van der Waals surface area contributed by atoms with E-state index in [0.717, 1.165) is 0 Å². The first-order valence-corrected chi connectivity index (χ1v) is 7.25. The maximum absolute atomic E-state index is 12.3. The van der Waals surface area contributed by atoms with Crippen molar-refractivity contribution in [2.24, 2.45) is 0 Å². The number of pyridine rings is 1. The van der Waals surface area contributed by atoms with Crippen LogP contribution in [-0.4, -0.2) is 37.7 Å². The minimum atomic E-state index is -0.471. The number of amides is 1. The molecule has 2 aromatic rings. The van der Waals surface area contributed by atoms with Gasteiger partial charge in [-0.05, 0) is 37.3 Å². The monoisotopic (exact) mass is 330 g/mol. The highest BCUT2D eigenvalue weighted by atomic mass is 16.5. The highest BCUT2D eigenvalue weighted by molar-refractivity contribution is 6.04. The molecule has 0 saturated heterocycles. The maximum Gasteiger partial charge on any atom is 0.338 e. The third-order valence-electron chi connectivity index (χ3n) is 3.16. The first-order valence-electron chi connectivity index (χ1n) is 7.25. The molecule has 7 nitrogen and oxygen atoms in total. The molecule has 2 rings (SSSR count). The Morgan fingerprint density at radius 2 is 1.79 bits per heavy atom. The van der Waals surface area contributed by atoms with Crippen LogP contribution >= 0.6 is 0 Å². The molecule has 1 amide bonds. The third kappa shape index (κ3) is 4.01. The number of hydrogen-bond acceptors (Lipinski definition) is 6. The quantitative estimate of drug-likeness (QED) is 0.819. The van der Waals surface area contributed by atoms with Crippen LogP contribution in [0.15, 0.2) is 36.5 Å². The van der Waals surface area contributed by atoms with Crippen LogP contribution in [0.25, 0.3) is 0 Å². The molecule has 0 saturated carbocycles. The predicted octanol–water partition coefficient (Wildman–Crippen LogP) is 2.53. The molecular formula is C17H18N2O5. The number of nitrogens with zero attached hydrogens (tertiary/aromatic N) is 1. The number of esters is 1. The SMILES string of the molecule is CCOC(=O)c1ccnc(NC(=O)c2ccc(OC)c(OC)c2)c1. The molecule has 0 aliphatic heterocycles. The molecule has 1 heterocycles. The van der Waals surface area contributed by atoms with Gasteiger partial charge < -0.3 is 19.5 Å². The molecule has 0 unspecified atom stereocenters. The van der Waals surface area contributed by atoms with Gasteiger partial charge in [0.1, 0.15) is 5.82 Å². The lowest BCUT2D eigenvalue weighted by atomic mass is 10.2. The molecule has 1 aromatic carbocycles. The topological polar surface area (TPSA) is 86.8 Å². The molecule has 126 valence electrons. The van der Waals surface area contributed by atoms with E-state index in [1.807, 2.05) is 0 Å². The molecule has 0 spiro atoms. The Hall–Kier alpha value is -3.09. The maximum atomic E-state index is 12.3. The van der Waals surface area contributed by atoms with E-state index in [4.69, 9.17) is 14.2 Å². The van der Waals surface area contributed by atoms with E-state index in [-0.39, 0.29) is 18.3 Å². The fraction of sp³-hybridized carbons (Fsp3) is 0.235. The van der Waals surface area contributed by atoms with Gasteiger partial charge in [-0.15, -0.1) is 0 Å². The number of benzene rings is 1. The summed E-state index contributed by atoms with van der Waals surface area (Å²) in [5, 5.41) is 2.63. The molecule has 0 aliphatic carbocycles. The number of rotatable bonds is 6. The summed E-state index contributed by atoms with van der Waals surface area (Å²) in [6, 6.07) is 7.77. The summed E-state index contributed by atoms with van der Waals surface area (Å²) in [6.07, 6.45) is 1.43. The second kappa shape index (κ2) is 7.96. The van der Waals surface area contributed by atoms with Crippen molar-refractivity contribution >= 4 is 17.7 Å². The van der Waals surface area contributed by atoms with Crippen molar-refractivity contribution in [3.05, 3.63) is 47.7 Å². The molecule has 1 aromatic heterocycles. The fourth-order valence-electron chi connectivity index (χ4n) is 2.01. The minimum absolute atomic E-state index is 0.250. The van der Waals surface area contributed by atoms with Crippen LogP contribution in [0, 0.1) is 0 Å². The first kappa shape index (κ1) is 17.3. The van der Waals surface area contributed by atoms with Crippen LogP contribution in [0.3, 0.4) is 0 Å². The molecule has 0 radical (unpaired) electrons. The molecule has 7 heteroatoms. The van der Waals surface area contributed by atoms with Crippen LogP contribution in [0.5, 0.6) is 11.5 Å². The van der Waals surface area contributed by atoms with E-state index in [1.54, 1.807) is 25.1 Å². The molecule has 1 N–H and O–H groups in total. The van der Waals surface area contributed by atoms with E-state index < -0.39 is 5.97 Å². The smallest absolute Gasteiger partial charge is 0.338 e. The van der Waals surface area contributed by atoms with Crippen molar-refractivity contribution in [3.63, 3.8) is 0 Å². The molecular weight excluding hydrogens is 312 g/mol. The van der Waals surface area contributed by atoms with Gasteiger partial charge in [0.2, 0.25) is 0 Å². The Bertz CT molecular complexity index is 746. The Balaban J connectivity index is 2.18. The van der Waals surface area contributed by atoms with Gasteiger partial charge in [-0.2, -0.15) is 0 Å². The van der Waals surface area contributed by atoms with Crippen molar-refractivity contribution < 1.29 is 23.8 Å². The van der Waals surface area contributed by atoms with Crippen LogP contribution < -0.4 is 14.8 Å². The lowest BCUT2D eigenvalue weighted by Gasteiger charge is -2.10. The number of carbonyl (C=O) groups is 2. The second-order valence-electron chi connectivity index (χ2n) is 4.67. The number of methoxy groups -OCH3 is 2. The van der Waals surface area contributed by atoms with E-state index >= 15 is 0 Å². The lowest BCUT2D eigenvalue weighted by molar-refractivity contribution is 0.0526. The third-order valence-corrected chi connectivity index (χ3v) is 3.16. The molecule has 0 bridgehead atoms. The minimum Gasteiger partial charge on any atom is -0.493 e. The van der Waals surface area contributed by atoms with Gasteiger partial charge in [0.25, 0.3) is 5.91 Å². The highest BCUT2D eigenvalue weighted by Gasteiger charge is 2.13. The summed E-state index contributed by atoms with van der Waals surface area (Å²) in [5.41, 5.74) is 0.686. The van der Waals surface area contributed by atoms with Crippen molar-refractivity contribution in [1.82, 2.24) is 4.98 Å². The van der Waals surface area contributed by atoms with Gasteiger partial charge in [-0.1, -0.05) is 0 Å². The number of anilines is 1. The van der Waals surface area contributed by atoms with Gasteiger partial charge in [0.15, 0.2) is 11.5 Å². The predicted molar refractivity (Wildman–Crippen MR) is 87.7 cm³/mol. The number of aromatic nitrogens is 1. The number of nitrogens with one attached hydrogen (secondary N) is 1. The van der Waals surface area contributed by atoms with Crippen molar-refractivity contribution in [2.45, 2.75) is 6.92 Å². The van der Waals surface area contributed by atoms with E-state index in [0.29, 0.717) is 22.6 Å². The number of carbonyl (C=O) groups excluding carboxylic acids is 2. The average molecular weight is 330 g/mol. The Morgan fingerprint density at radius 3 is 2.46 bits per heavy atom. The van der Waals surface area contributed by atoms with Crippen LogP contribution in [0.2, 0.25) is 0 Å². The van der Waals surface area contributed by atoms with Gasteiger partial charge in [-0.3, -0.25) is 4.79 Å². The van der Waals surface area contributed by atoms with Crippen molar-refractivity contribution in [1.29, 1.82) is 0 Å². The zero-order chi connectivity index (χ0) is 17.5. The zero-order valence-corrected chi connectivity index (χ0v) is 13.7. The molecule has 24 heavy (non-hydrogen) atoms. The van der Waals surface area contributed by atoms with Crippen molar-refractivity contribution in [2.75, 3.05) is 26.1 Å². The van der Waals surface area contributed by atoms with Crippen LogP contribution in [0.1, 0.15) is 27.6 Å². The molecule has 0 aliphatic rings. The molecule has 0 atom stereocenters. The van der Waals surface area contributed by atoms with Gasteiger partial charge >= 0.3 is 5.97 Å². The van der Waals surface area contributed by atoms with Gasteiger partial charge in [-0.25, -0.2) is 9.78 Å². The lowest BCUT2D eigenvalue weighted by Crippen LogP contribution is -2.14. The summed E-state index contributed by atoms with van der Waals surface area (Å²) >= 11 is 0. The standard InChI is InChI=1S/C17H18N2O5/c1-4-24-17(21)12-7-8-18-15(10-12)19-16(20)11-5-6-13(22-2)14(9-11)23-3/h5-10H,4H2,1-3H3,(H,18,19,20). The first-order chi connectivity index (χ1) is 11.6. The molecule has 0 fully saturated rings. The summed E-state index contributed by atoms with van der Waals surface area (Å²) in [6.45, 7) is 1.99. The Morgan fingerprint density at radius 1 is 1.04 bits per heavy atom. The highest BCUT2D eigenvalue weighted by Crippen LogP contribution is 2.27. The van der Waals surface area contributed by atoms with Gasteiger partial charge in [0, 0.05) is 11.8 Å². The average Bonchev–Trinajstić information content (AvgIpc) is 2.61.